The minimum Gasteiger partial charge on any atom is -0.466 e. The van der Waals surface area contributed by atoms with E-state index < -0.39 is 0 Å². The van der Waals surface area contributed by atoms with Crippen LogP contribution in [0.1, 0.15) is 62.5 Å². The molecule has 0 radical (unpaired) electrons. The number of ether oxygens (including phenoxy) is 1. The SMILES string of the molecule is CCOC(=O)CCn1c(-c2ccc(Cl)cc2N)c(C2CCCCC2)c2ccc(COOC)cc21. The number of rotatable bonds is 9. The van der Waals surface area contributed by atoms with Gasteiger partial charge in [0.15, 0.2) is 0 Å². The van der Waals surface area contributed by atoms with E-state index in [2.05, 4.69) is 22.8 Å². The Morgan fingerprint density at radius 3 is 2.65 bits per heavy atom. The van der Waals surface area contributed by atoms with E-state index in [-0.39, 0.29) is 12.4 Å². The molecule has 1 aliphatic carbocycles. The molecule has 0 spiro atoms. The fraction of sp³-hybridized carbons (Fsp3) is 0.444. The number of benzene rings is 2. The van der Waals surface area contributed by atoms with E-state index in [1.54, 1.807) is 6.07 Å². The van der Waals surface area contributed by atoms with Gasteiger partial charge in [-0.15, -0.1) is 0 Å². The Morgan fingerprint density at radius 2 is 1.94 bits per heavy atom. The second-order valence-corrected chi connectivity index (χ2v) is 9.25. The van der Waals surface area contributed by atoms with Crippen LogP contribution in [0.2, 0.25) is 5.02 Å². The minimum absolute atomic E-state index is 0.211. The number of halogens is 1. The van der Waals surface area contributed by atoms with Crippen LogP contribution in [0.15, 0.2) is 36.4 Å². The second kappa shape index (κ2) is 11.3. The summed E-state index contributed by atoms with van der Waals surface area (Å²) in [6, 6.07) is 12.0. The van der Waals surface area contributed by atoms with E-state index in [4.69, 9.17) is 31.8 Å². The van der Waals surface area contributed by atoms with Gasteiger partial charge in [-0.25, -0.2) is 9.78 Å². The van der Waals surface area contributed by atoms with Crippen molar-refractivity contribution in [3.8, 4) is 11.3 Å². The maximum absolute atomic E-state index is 12.3. The lowest BCUT2D eigenvalue weighted by Crippen LogP contribution is -2.11. The van der Waals surface area contributed by atoms with Gasteiger partial charge >= 0.3 is 5.97 Å². The van der Waals surface area contributed by atoms with Crippen LogP contribution < -0.4 is 5.73 Å². The van der Waals surface area contributed by atoms with Crippen LogP contribution in [0.3, 0.4) is 0 Å². The van der Waals surface area contributed by atoms with Crippen LogP contribution in [-0.4, -0.2) is 24.3 Å². The highest BCUT2D eigenvalue weighted by Crippen LogP contribution is 2.46. The van der Waals surface area contributed by atoms with E-state index in [9.17, 15) is 4.79 Å². The van der Waals surface area contributed by atoms with Crippen molar-refractivity contribution in [1.29, 1.82) is 0 Å². The highest BCUT2D eigenvalue weighted by molar-refractivity contribution is 6.31. The number of nitrogens with two attached hydrogens (primary N) is 1. The van der Waals surface area contributed by atoms with Gasteiger partial charge in [0.1, 0.15) is 6.61 Å². The first-order valence-electron chi connectivity index (χ1n) is 12.0. The van der Waals surface area contributed by atoms with Crippen molar-refractivity contribution in [3.05, 3.63) is 52.5 Å². The number of hydrogen-bond acceptors (Lipinski definition) is 5. The molecule has 182 valence electrons. The van der Waals surface area contributed by atoms with Crippen molar-refractivity contribution in [2.24, 2.45) is 0 Å². The van der Waals surface area contributed by atoms with E-state index in [1.165, 1.54) is 37.3 Å². The average Bonchev–Trinajstić information content (AvgIpc) is 3.15. The third kappa shape index (κ3) is 5.24. The van der Waals surface area contributed by atoms with Crippen molar-refractivity contribution in [1.82, 2.24) is 4.57 Å². The predicted molar refractivity (Wildman–Crippen MR) is 136 cm³/mol. The summed E-state index contributed by atoms with van der Waals surface area (Å²) in [5.74, 6) is 0.226. The van der Waals surface area contributed by atoms with Crippen LogP contribution in [0.4, 0.5) is 5.69 Å². The number of esters is 1. The molecule has 1 saturated carbocycles. The first kappa shape index (κ1) is 24.6. The molecule has 0 saturated heterocycles. The highest BCUT2D eigenvalue weighted by Gasteiger charge is 2.27. The maximum Gasteiger partial charge on any atom is 0.307 e. The van der Waals surface area contributed by atoms with Crippen LogP contribution in [-0.2, 0) is 32.5 Å². The fourth-order valence-electron chi connectivity index (χ4n) is 5.15. The molecule has 0 atom stereocenters. The Balaban J connectivity index is 1.94. The van der Waals surface area contributed by atoms with Gasteiger partial charge in [-0.3, -0.25) is 4.79 Å². The summed E-state index contributed by atoms with van der Waals surface area (Å²) in [5, 5.41) is 1.80. The molecule has 0 aliphatic heterocycles. The molecule has 1 heterocycles. The molecule has 7 heteroatoms. The van der Waals surface area contributed by atoms with Crippen molar-refractivity contribution in [2.45, 2.75) is 64.5 Å². The van der Waals surface area contributed by atoms with Gasteiger partial charge in [-0.1, -0.05) is 43.0 Å². The fourth-order valence-corrected chi connectivity index (χ4v) is 5.33. The average molecular weight is 485 g/mol. The summed E-state index contributed by atoms with van der Waals surface area (Å²) in [4.78, 5) is 22.3. The molecule has 2 N–H and O–H groups in total. The van der Waals surface area contributed by atoms with Gasteiger partial charge in [0, 0.05) is 33.7 Å². The van der Waals surface area contributed by atoms with E-state index in [0.717, 1.165) is 35.2 Å². The molecule has 3 aromatic rings. The van der Waals surface area contributed by atoms with Crippen molar-refractivity contribution >= 4 is 34.2 Å². The molecule has 0 unspecified atom stereocenters. The maximum atomic E-state index is 12.3. The third-order valence-electron chi connectivity index (χ3n) is 6.64. The van der Waals surface area contributed by atoms with Crippen LogP contribution in [0.25, 0.3) is 22.2 Å². The molecule has 0 bridgehead atoms. The Bertz CT molecular complexity index is 1150. The van der Waals surface area contributed by atoms with Crippen molar-refractivity contribution in [3.63, 3.8) is 0 Å². The minimum atomic E-state index is -0.211. The summed E-state index contributed by atoms with van der Waals surface area (Å²) >= 11 is 6.24. The zero-order valence-corrected chi connectivity index (χ0v) is 20.7. The molecule has 1 aliphatic rings. The number of nitrogens with zero attached hydrogens (tertiary/aromatic N) is 1. The molecule has 2 aromatic carbocycles. The summed E-state index contributed by atoms with van der Waals surface area (Å²) in [6.07, 6.45) is 6.28. The van der Waals surface area contributed by atoms with Crippen LogP contribution >= 0.6 is 11.6 Å². The van der Waals surface area contributed by atoms with Gasteiger partial charge in [0.2, 0.25) is 0 Å². The van der Waals surface area contributed by atoms with Gasteiger partial charge in [0.05, 0.1) is 25.8 Å². The number of fused-ring (bicyclic) bond motifs is 1. The Labute approximate surface area is 205 Å². The molecule has 0 amide bonds. The zero-order valence-electron chi connectivity index (χ0n) is 19.9. The smallest absolute Gasteiger partial charge is 0.307 e. The number of carbonyl (C=O) groups excluding carboxylic acids is 1. The van der Waals surface area contributed by atoms with Gasteiger partial charge in [-0.05, 0) is 61.1 Å². The van der Waals surface area contributed by atoms with Gasteiger partial charge < -0.3 is 15.0 Å². The summed E-state index contributed by atoms with van der Waals surface area (Å²) in [5.41, 5.74) is 12.5. The number of aryl methyl sites for hydroxylation is 1. The zero-order chi connectivity index (χ0) is 24.1. The molecule has 1 aromatic heterocycles. The largest absolute Gasteiger partial charge is 0.466 e. The normalized spacial score (nSPS) is 14.6. The summed E-state index contributed by atoms with van der Waals surface area (Å²) < 4.78 is 7.46. The van der Waals surface area contributed by atoms with Crippen LogP contribution in [0, 0.1) is 0 Å². The molecule has 1 fully saturated rings. The first-order valence-corrected chi connectivity index (χ1v) is 12.4. The van der Waals surface area contributed by atoms with Crippen molar-refractivity contribution in [2.75, 3.05) is 19.5 Å². The number of aromatic nitrogens is 1. The Morgan fingerprint density at radius 1 is 1.15 bits per heavy atom. The van der Waals surface area contributed by atoms with E-state index in [0.29, 0.717) is 36.4 Å². The standard InChI is InChI=1S/C27H33ClN2O4/c1-3-33-25(31)13-14-30-24-15-18(17-34-32-2)9-11-22(24)26(19-7-5-4-6-8-19)27(30)21-12-10-20(28)16-23(21)29/h9-12,15-16,19H,3-8,13-14,17,29H2,1-2H3. The van der Waals surface area contributed by atoms with Gasteiger partial charge in [0.25, 0.3) is 0 Å². The first-order chi connectivity index (χ1) is 16.5. The molecule has 34 heavy (non-hydrogen) atoms. The lowest BCUT2D eigenvalue weighted by atomic mass is 9.81. The van der Waals surface area contributed by atoms with Gasteiger partial charge in [-0.2, -0.15) is 0 Å². The second-order valence-electron chi connectivity index (χ2n) is 8.82. The number of nitrogen functional groups attached to an aromatic ring is 1. The number of anilines is 1. The van der Waals surface area contributed by atoms with E-state index in [1.807, 2.05) is 19.1 Å². The quantitative estimate of drug-likeness (QED) is 0.160. The Hall–Kier alpha value is -2.54. The third-order valence-corrected chi connectivity index (χ3v) is 6.87. The molecular formula is C27H33ClN2O4. The lowest BCUT2D eigenvalue weighted by molar-refractivity contribution is -0.282. The number of carbonyl (C=O) groups is 1. The summed E-state index contributed by atoms with van der Waals surface area (Å²) in [6.45, 7) is 3.03. The van der Waals surface area contributed by atoms with E-state index >= 15 is 0 Å². The van der Waals surface area contributed by atoms with Crippen LogP contribution in [0.5, 0.6) is 0 Å². The lowest BCUT2D eigenvalue weighted by Gasteiger charge is -2.24. The Kier molecular flexibility index (Phi) is 8.14. The highest BCUT2D eigenvalue weighted by atomic mass is 35.5. The van der Waals surface area contributed by atoms with Crippen molar-refractivity contribution < 1.29 is 19.3 Å². The topological polar surface area (TPSA) is 75.7 Å². The predicted octanol–water partition coefficient (Wildman–Crippen LogP) is 6.62. The summed E-state index contributed by atoms with van der Waals surface area (Å²) in [7, 11) is 1.50. The monoisotopic (exact) mass is 484 g/mol. The number of hydrogen-bond donors (Lipinski definition) is 1. The molecule has 4 rings (SSSR count). The molecule has 6 nitrogen and oxygen atoms in total. The molecular weight excluding hydrogens is 452 g/mol.